The zero-order valence-corrected chi connectivity index (χ0v) is 48.6. The maximum atomic E-state index is 15.0. The van der Waals surface area contributed by atoms with Crippen LogP contribution in [0.1, 0.15) is 51.8 Å². The van der Waals surface area contributed by atoms with Gasteiger partial charge in [-0.3, -0.25) is 4.79 Å². The number of carbonyl (C=O) groups excluding carboxylic acids is 1. The van der Waals surface area contributed by atoms with E-state index < -0.39 is 78.8 Å². The fraction of sp³-hybridized carbons (Fsp3) is 0.368. The minimum absolute atomic E-state index is 0.00681. The molecule has 2 saturated heterocycles. The molecule has 2 fully saturated rings. The number of aliphatic hydroxyl groups is 1. The van der Waals surface area contributed by atoms with Crippen LogP contribution in [0.2, 0.25) is 0 Å². The molecule has 1 N–H and O–H groups in total. The molecule has 7 aromatic carbocycles. The van der Waals surface area contributed by atoms with Crippen LogP contribution in [0.4, 0.5) is 0 Å². The Hall–Kier alpha value is -7.81. The van der Waals surface area contributed by atoms with E-state index in [2.05, 4.69) is 20.1 Å². The van der Waals surface area contributed by atoms with Gasteiger partial charge < -0.3 is 57.2 Å². The highest BCUT2D eigenvalue weighted by molar-refractivity contribution is 5.75. The molecule has 0 spiro atoms. The van der Waals surface area contributed by atoms with Gasteiger partial charge in [-0.25, -0.2) is 0 Å². The van der Waals surface area contributed by atoms with Gasteiger partial charge in [0, 0.05) is 9.82 Å². The van der Waals surface area contributed by atoms with E-state index in [-0.39, 0.29) is 78.8 Å². The van der Waals surface area contributed by atoms with Gasteiger partial charge in [-0.15, -0.1) is 0 Å². The molecule has 0 aliphatic carbocycles. The van der Waals surface area contributed by atoms with Crippen LogP contribution in [0.3, 0.4) is 0 Å². The Bertz CT molecular complexity index is 3190. The lowest BCUT2D eigenvalue weighted by Crippen LogP contribution is -2.78. The van der Waals surface area contributed by atoms with E-state index in [1.165, 1.54) is 7.11 Å². The number of azide groups is 2. The predicted molar refractivity (Wildman–Crippen MR) is 323 cm³/mol. The van der Waals surface area contributed by atoms with Crippen molar-refractivity contribution in [2.75, 3.05) is 26.9 Å². The van der Waals surface area contributed by atoms with E-state index in [1.807, 2.05) is 212 Å². The summed E-state index contributed by atoms with van der Waals surface area (Å²) < 4.78 is 76.0. The zero-order chi connectivity index (χ0) is 60.3. The number of carbonyl (C=O) groups is 1. The van der Waals surface area contributed by atoms with Crippen molar-refractivity contribution in [3.63, 3.8) is 0 Å². The van der Waals surface area contributed by atoms with Crippen LogP contribution < -0.4 is 0 Å². The van der Waals surface area contributed by atoms with Crippen molar-refractivity contribution in [1.29, 1.82) is 0 Å². The van der Waals surface area contributed by atoms with Crippen molar-refractivity contribution >= 4 is 5.97 Å². The molecule has 0 radical (unpaired) electrons. The molecule has 2 heterocycles. The van der Waals surface area contributed by atoms with Crippen molar-refractivity contribution in [3.05, 3.63) is 272 Å². The minimum atomic E-state index is -2.52. The number of rotatable bonds is 33. The summed E-state index contributed by atoms with van der Waals surface area (Å²) in [6.45, 7) is 0.0849. The first kappa shape index (κ1) is 63.7. The second kappa shape index (κ2) is 33.9. The SMILES string of the molecule is COC(=O)[C@H](CC[C@H](CN=[N+]=[N-])O[C@@H]1O[C@H](COCc2ccccc2)[C@H](OCc2ccccc2)[C@H](OCc2ccccc2)[C@]1(O)[C@H]1O[C@H](COCc2ccccc2)[C@H](OCc2ccccc2)[C@H](OCc2ccccc2)[C@H]1OCc1ccccc1)N=[N+]=[N-]. The molecule has 19 heteroatoms. The van der Waals surface area contributed by atoms with Crippen molar-refractivity contribution in [2.45, 2.75) is 132 Å². The number of hydrogen-bond acceptors (Lipinski definition) is 15. The van der Waals surface area contributed by atoms with Gasteiger partial charge in [0.15, 0.2) is 11.9 Å². The molecule has 0 unspecified atom stereocenters. The summed E-state index contributed by atoms with van der Waals surface area (Å²) in [7, 11) is 1.19. The molecule has 7 aromatic rings. The lowest BCUT2D eigenvalue weighted by molar-refractivity contribution is -0.406. The molecule has 9 rings (SSSR count). The summed E-state index contributed by atoms with van der Waals surface area (Å²) in [6, 6.07) is 66.3. The Morgan fingerprint density at radius 3 is 1.29 bits per heavy atom. The van der Waals surface area contributed by atoms with Gasteiger partial charge in [0.1, 0.15) is 54.9 Å². The van der Waals surface area contributed by atoms with Gasteiger partial charge in [0.2, 0.25) is 0 Å². The average Bonchev–Trinajstić information content (AvgIpc) is 0.890. The Morgan fingerprint density at radius 2 is 0.874 bits per heavy atom. The van der Waals surface area contributed by atoms with Gasteiger partial charge in [-0.2, -0.15) is 0 Å². The quantitative estimate of drug-likeness (QED) is 0.0175. The molecule has 0 saturated carbocycles. The third kappa shape index (κ3) is 18.4. The highest BCUT2D eigenvalue weighted by Gasteiger charge is 2.67. The van der Waals surface area contributed by atoms with Gasteiger partial charge in [0.05, 0.1) is 79.2 Å². The number of nitrogens with zero attached hydrogens (tertiary/aromatic N) is 6. The fourth-order valence-electron chi connectivity index (χ4n) is 10.8. The van der Waals surface area contributed by atoms with Crippen molar-refractivity contribution in [2.24, 2.45) is 10.2 Å². The summed E-state index contributed by atoms with van der Waals surface area (Å²) in [6.07, 6.45) is -12.6. The van der Waals surface area contributed by atoms with Crippen molar-refractivity contribution in [3.8, 4) is 0 Å². The maximum Gasteiger partial charge on any atom is 0.314 e. The number of methoxy groups -OCH3 is 1. The molecule has 0 amide bonds. The smallest absolute Gasteiger partial charge is 0.314 e. The molecule has 2 aliphatic rings. The molecule has 87 heavy (non-hydrogen) atoms. The summed E-state index contributed by atoms with van der Waals surface area (Å²) >= 11 is 0. The first-order valence-corrected chi connectivity index (χ1v) is 29.2. The van der Waals surface area contributed by atoms with Crippen LogP contribution in [0.5, 0.6) is 0 Å². The Kier molecular flexibility index (Phi) is 24.8. The second-order valence-electron chi connectivity index (χ2n) is 21.2. The van der Waals surface area contributed by atoms with Crippen molar-refractivity contribution < 1.29 is 62.0 Å². The summed E-state index contributed by atoms with van der Waals surface area (Å²) in [5.41, 5.74) is 22.8. The molecule has 12 atom stereocenters. The summed E-state index contributed by atoms with van der Waals surface area (Å²) in [5, 5.41) is 22.7. The van der Waals surface area contributed by atoms with E-state index in [0.717, 1.165) is 38.9 Å². The molecule has 2 aliphatic heterocycles. The molecular formula is C68H74N6O13. The van der Waals surface area contributed by atoms with E-state index >= 15 is 5.11 Å². The van der Waals surface area contributed by atoms with Crippen LogP contribution in [-0.4, -0.2) is 111 Å². The van der Waals surface area contributed by atoms with E-state index in [1.54, 1.807) is 0 Å². The van der Waals surface area contributed by atoms with Crippen LogP contribution in [0.25, 0.3) is 20.9 Å². The van der Waals surface area contributed by atoms with Gasteiger partial charge >= 0.3 is 5.97 Å². The fourth-order valence-corrected chi connectivity index (χ4v) is 10.8. The van der Waals surface area contributed by atoms with Gasteiger partial charge in [-0.05, 0) is 62.8 Å². The second-order valence-corrected chi connectivity index (χ2v) is 21.2. The maximum absolute atomic E-state index is 15.0. The summed E-state index contributed by atoms with van der Waals surface area (Å²) in [5.74, 6) is -0.788. The van der Waals surface area contributed by atoms with Crippen LogP contribution in [-0.2, 0) is 103 Å². The first-order chi connectivity index (χ1) is 42.8. The lowest BCUT2D eigenvalue weighted by Gasteiger charge is -2.58. The van der Waals surface area contributed by atoms with E-state index in [0.29, 0.717) is 0 Å². The topological polar surface area (TPSA) is 236 Å². The number of ether oxygens (including phenoxy) is 11. The lowest BCUT2D eigenvalue weighted by atomic mass is 9.76. The Morgan fingerprint density at radius 1 is 0.494 bits per heavy atom. The zero-order valence-electron chi connectivity index (χ0n) is 48.6. The monoisotopic (exact) mass is 1180 g/mol. The molecule has 0 aromatic heterocycles. The number of esters is 1. The molecule has 19 nitrogen and oxygen atoms in total. The molecular weight excluding hydrogens is 1110 g/mol. The minimum Gasteiger partial charge on any atom is -0.469 e. The van der Waals surface area contributed by atoms with Gasteiger partial charge in [0.25, 0.3) is 0 Å². The highest BCUT2D eigenvalue weighted by Crippen LogP contribution is 2.46. The number of hydrogen-bond donors (Lipinski definition) is 1. The molecule has 0 bridgehead atoms. The Labute approximate surface area is 507 Å². The van der Waals surface area contributed by atoms with Gasteiger partial charge in [-0.1, -0.05) is 223 Å². The highest BCUT2D eigenvalue weighted by atomic mass is 16.7. The standard InChI is InChI=1S/C68H74N6O13/c1-77-66(75)57(72-74-70)38-37-56(39-71-73-69)85-67-68(76,64(84-46-55-35-21-8-22-36-55)61(81-43-52-29-15-5-16-30-52)59(87-67)48-79-41-50-25-11-3-12-26-50)65-63(83-45-54-33-19-7-20-34-54)62(82-44-53-31-17-6-18-32-53)60(80-42-51-27-13-4-14-28-51)58(86-65)47-78-40-49-23-9-2-10-24-49/h2-36,56-65,67,76H,37-48H2,1H3/t56-,57+,58-,59-,60+,61+,62+,63-,64+,65+,67-,68+/m1/s1. The predicted octanol–water partition coefficient (Wildman–Crippen LogP) is 11.9. The van der Waals surface area contributed by atoms with E-state index in [4.69, 9.17) is 52.1 Å². The Balaban J connectivity index is 1.24. The van der Waals surface area contributed by atoms with Crippen LogP contribution >= 0.6 is 0 Å². The number of benzene rings is 7. The van der Waals surface area contributed by atoms with E-state index in [9.17, 15) is 15.9 Å². The third-order valence-corrected chi connectivity index (χ3v) is 15.2. The normalized spacial score (nSPS) is 23.3. The summed E-state index contributed by atoms with van der Waals surface area (Å²) in [4.78, 5) is 19.0. The van der Waals surface area contributed by atoms with Crippen LogP contribution in [0.15, 0.2) is 223 Å². The van der Waals surface area contributed by atoms with Crippen LogP contribution in [0, 0.1) is 0 Å². The first-order valence-electron chi connectivity index (χ1n) is 29.2. The average molecular weight is 1180 g/mol. The largest absolute Gasteiger partial charge is 0.469 e. The third-order valence-electron chi connectivity index (χ3n) is 15.2. The molecule has 454 valence electrons. The van der Waals surface area contributed by atoms with Crippen molar-refractivity contribution in [1.82, 2.24) is 0 Å².